The second-order valence-corrected chi connectivity index (χ2v) is 15.1. The monoisotopic (exact) mass is 733 g/mol. The van der Waals surface area contributed by atoms with Crippen LogP contribution >= 0.6 is 11.3 Å². The molecule has 11 aromatic rings. The van der Waals surface area contributed by atoms with Gasteiger partial charge in [0.2, 0.25) is 0 Å². The van der Waals surface area contributed by atoms with Gasteiger partial charge in [-0.3, -0.25) is 0 Å². The summed E-state index contributed by atoms with van der Waals surface area (Å²) >= 11 is 1.85. The Labute approximate surface area is 327 Å². The molecule has 0 aliphatic rings. The summed E-state index contributed by atoms with van der Waals surface area (Å²) in [6, 6.07) is 65.8. The van der Waals surface area contributed by atoms with Gasteiger partial charge >= 0.3 is 0 Å². The van der Waals surface area contributed by atoms with Crippen molar-refractivity contribution in [2.45, 2.75) is 0 Å². The highest BCUT2D eigenvalue weighted by atomic mass is 32.1. The maximum atomic E-state index is 6.62. The van der Waals surface area contributed by atoms with Crippen LogP contribution in [0.4, 0.5) is 0 Å². The van der Waals surface area contributed by atoms with Crippen LogP contribution in [-0.2, 0) is 0 Å². The Hall–Kier alpha value is -7.21. The van der Waals surface area contributed by atoms with Crippen LogP contribution < -0.4 is 0 Å². The molecule has 0 bridgehead atoms. The number of hydrogen-bond acceptors (Lipinski definition) is 5. The molecule has 0 N–H and O–H groups in total. The van der Waals surface area contributed by atoms with Gasteiger partial charge in [-0.15, -0.1) is 11.3 Å². The first-order valence-electron chi connectivity index (χ1n) is 18.7. The van der Waals surface area contributed by atoms with Crippen molar-refractivity contribution in [2.75, 3.05) is 0 Å². The smallest absolute Gasteiger partial charge is 0.167 e. The number of benzene rings is 8. The lowest BCUT2D eigenvalue weighted by atomic mass is 9.98. The molecule has 0 aliphatic heterocycles. The van der Waals surface area contributed by atoms with E-state index in [4.69, 9.17) is 19.4 Å². The molecule has 4 nitrogen and oxygen atoms in total. The third kappa shape index (κ3) is 5.65. The molecule has 262 valence electrons. The average Bonchev–Trinajstić information content (AvgIpc) is 3.85. The quantitative estimate of drug-likeness (QED) is 0.171. The molecule has 0 radical (unpaired) electrons. The molecule has 0 saturated carbocycles. The Morgan fingerprint density at radius 2 is 0.804 bits per heavy atom. The van der Waals surface area contributed by atoms with E-state index >= 15 is 0 Å². The summed E-state index contributed by atoms with van der Waals surface area (Å²) in [5, 5.41) is 4.69. The SMILES string of the molecule is c1ccc(-c2ccc(-c3nc(-c4ccccc4)nc(-c4cccc5c4oc4ccc(-c6ccc(-c7ccc8sc9ccccc9c8c7)cc6)cc45)n3)cc2)cc1. The maximum Gasteiger partial charge on any atom is 0.167 e. The molecule has 0 amide bonds. The highest BCUT2D eigenvalue weighted by Crippen LogP contribution is 2.39. The molecule has 0 saturated heterocycles. The predicted molar refractivity (Wildman–Crippen MR) is 233 cm³/mol. The number of thiophene rings is 1. The van der Waals surface area contributed by atoms with Gasteiger partial charge in [0.25, 0.3) is 0 Å². The first kappa shape index (κ1) is 32.2. The van der Waals surface area contributed by atoms with Crippen LogP contribution in [0, 0.1) is 0 Å². The molecule has 0 fully saturated rings. The summed E-state index contributed by atoms with van der Waals surface area (Å²) in [7, 11) is 0. The third-order valence-electron chi connectivity index (χ3n) is 10.6. The molecule has 0 aliphatic carbocycles. The van der Waals surface area contributed by atoms with Gasteiger partial charge in [-0.1, -0.05) is 152 Å². The van der Waals surface area contributed by atoms with Crippen molar-refractivity contribution in [2.24, 2.45) is 0 Å². The minimum absolute atomic E-state index is 0.565. The molecule has 0 atom stereocenters. The normalized spacial score (nSPS) is 11.6. The lowest BCUT2D eigenvalue weighted by molar-refractivity contribution is 0.669. The van der Waals surface area contributed by atoms with E-state index in [0.29, 0.717) is 17.5 Å². The van der Waals surface area contributed by atoms with E-state index in [0.717, 1.165) is 60.9 Å². The van der Waals surface area contributed by atoms with Gasteiger partial charge in [0.05, 0.1) is 5.56 Å². The summed E-state index contributed by atoms with van der Waals surface area (Å²) in [4.78, 5) is 15.1. The van der Waals surface area contributed by atoms with E-state index in [-0.39, 0.29) is 0 Å². The van der Waals surface area contributed by atoms with E-state index in [1.54, 1.807) is 0 Å². The van der Waals surface area contributed by atoms with Crippen LogP contribution in [0.15, 0.2) is 192 Å². The molecule has 56 heavy (non-hydrogen) atoms. The van der Waals surface area contributed by atoms with Crippen LogP contribution in [0.3, 0.4) is 0 Å². The van der Waals surface area contributed by atoms with Gasteiger partial charge in [0.1, 0.15) is 11.2 Å². The highest BCUT2D eigenvalue weighted by molar-refractivity contribution is 7.25. The lowest BCUT2D eigenvalue weighted by Crippen LogP contribution is -2.00. The number of furan rings is 1. The van der Waals surface area contributed by atoms with Gasteiger partial charge < -0.3 is 4.42 Å². The third-order valence-corrected chi connectivity index (χ3v) is 11.7. The number of hydrogen-bond donors (Lipinski definition) is 0. The fourth-order valence-corrected chi connectivity index (χ4v) is 8.79. The fraction of sp³-hybridized carbons (Fsp3) is 0. The highest BCUT2D eigenvalue weighted by Gasteiger charge is 2.18. The topological polar surface area (TPSA) is 51.8 Å². The molecule has 0 unspecified atom stereocenters. The number of aromatic nitrogens is 3. The second-order valence-electron chi connectivity index (χ2n) is 14.0. The zero-order valence-electron chi connectivity index (χ0n) is 30.1. The van der Waals surface area contributed by atoms with E-state index in [2.05, 4.69) is 146 Å². The van der Waals surface area contributed by atoms with Gasteiger partial charge in [0, 0.05) is 42.1 Å². The summed E-state index contributed by atoms with van der Waals surface area (Å²) in [6.07, 6.45) is 0. The summed E-state index contributed by atoms with van der Waals surface area (Å²) in [6.45, 7) is 0. The van der Waals surface area contributed by atoms with Gasteiger partial charge in [0.15, 0.2) is 17.5 Å². The van der Waals surface area contributed by atoms with E-state index in [9.17, 15) is 0 Å². The molecule has 5 heteroatoms. The summed E-state index contributed by atoms with van der Waals surface area (Å²) in [5.74, 6) is 1.78. The Bertz CT molecular complexity index is 3220. The van der Waals surface area contributed by atoms with Crippen molar-refractivity contribution in [3.8, 4) is 67.5 Å². The minimum atomic E-state index is 0.565. The molecule has 8 aromatic carbocycles. The summed E-state index contributed by atoms with van der Waals surface area (Å²) in [5.41, 5.74) is 11.2. The Morgan fingerprint density at radius 1 is 0.321 bits per heavy atom. The van der Waals surface area contributed by atoms with Gasteiger partial charge in [-0.05, 0) is 69.8 Å². The first-order valence-corrected chi connectivity index (χ1v) is 19.5. The minimum Gasteiger partial charge on any atom is -0.455 e. The molecule has 3 heterocycles. The van der Waals surface area contributed by atoms with Crippen LogP contribution in [0.25, 0.3) is 110 Å². The van der Waals surface area contributed by atoms with Gasteiger partial charge in [-0.25, -0.2) is 15.0 Å². The van der Waals surface area contributed by atoms with E-state index < -0.39 is 0 Å². The molecule has 11 rings (SSSR count). The van der Waals surface area contributed by atoms with E-state index in [1.165, 1.54) is 31.3 Å². The molecular weight excluding hydrogens is 703 g/mol. The van der Waals surface area contributed by atoms with Crippen molar-refractivity contribution in [1.29, 1.82) is 0 Å². The lowest BCUT2D eigenvalue weighted by Gasteiger charge is -2.09. The zero-order chi connectivity index (χ0) is 37.0. The fourth-order valence-electron chi connectivity index (χ4n) is 7.70. The Kier molecular flexibility index (Phi) is 7.64. The van der Waals surface area contributed by atoms with E-state index in [1.807, 2.05) is 53.8 Å². The van der Waals surface area contributed by atoms with Crippen LogP contribution in [0.5, 0.6) is 0 Å². The number of nitrogens with zero attached hydrogens (tertiary/aromatic N) is 3. The second kappa shape index (κ2) is 13.3. The van der Waals surface area contributed by atoms with Crippen molar-refractivity contribution < 1.29 is 4.42 Å². The molecular formula is C51H31N3OS. The first-order chi connectivity index (χ1) is 27.7. The molecule has 0 spiro atoms. The zero-order valence-corrected chi connectivity index (χ0v) is 30.9. The number of rotatable bonds is 6. The van der Waals surface area contributed by atoms with Crippen LogP contribution in [0.1, 0.15) is 0 Å². The van der Waals surface area contributed by atoms with Crippen LogP contribution in [-0.4, -0.2) is 15.0 Å². The Balaban J connectivity index is 0.967. The average molecular weight is 734 g/mol. The van der Waals surface area contributed by atoms with Crippen molar-refractivity contribution in [3.05, 3.63) is 188 Å². The summed E-state index contributed by atoms with van der Waals surface area (Å²) < 4.78 is 9.26. The maximum absolute atomic E-state index is 6.62. The van der Waals surface area contributed by atoms with Crippen molar-refractivity contribution in [1.82, 2.24) is 15.0 Å². The standard InChI is InChI=1S/C51H31N3OS/c1-3-10-32(11-4-1)33-22-24-37(25-23-33)50-52-49(36-12-5-2-6-13-36)53-51(54-50)42-16-9-15-41-43-30-38(26-28-45(43)55-48(41)42)34-18-20-35(21-19-34)39-27-29-47-44(31-39)40-14-7-8-17-46(40)56-47/h1-31H. The molecule has 3 aromatic heterocycles. The Morgan fingerprint density at radius 3 is 1.52 bits per heavy atom. The number of fused-ring (bicyclic) bond motifs is 6. The van der Waals surface area contributed by atoms with Crippen LogP contribution in [0.2, 0.25) is 0 Å². The number of para-hydroxylation sites is 1. The predicted octanol–water partition coefficient (Wildman–Crippen LogP) is 14.1. The van der Waals surface area contributed by atoms with Crippen molar-refractivity contribution >= 4 is 53.4 Å². The van der Waals surface area contributed by atoms with Crippen molar-refractivity contribution in [3.63, 3.8) is 0 Å². The van der Waals surface area contributed by atoms with Gasteiger partial charge in [-0.2, -0.15) is 0 Å². The largest absolute Gasteiger partial charge is 0.455 e.